The van der Waals surface area contributed by atoms with E-state index in [1.807, 2.05) is 66.7 Å². The van der Waals surface area contributed by atoms with Crippen molar-refractivity contribution in [3.63, 3.8) is 0 Å². The Hall–Kier alpha value is -4.44. The van der Waals surface area contributed by atoms with Gasteiger partial charge in [-0.1, -0.05) is 24.3 Å². The average molecular weight is 438 g/mol. The highest BCUT2D eigenvalue weighted by atomic mass is 16.5. The summed E-state index contributed by atoms with van der Waals surface area (Å²) in [5.74, 6) is 0.543. The first-order valence-electron chi connectivity index (χ1n) is 10.5. The SMILES string of the molecule is COc1ccc(-c2cc(C(=O)N(CCC#N)Cc3cccnc3)n(-c3ccccc3)n2)cc1. The van der Waals surface area contributed by atoms with Gasteiger partial charge in [0, 0.05) is 31.0 Å². The fraction of sp³-hybridized carbons (Fsp3) is 0.154. The van der Waals surface area contributed by atoms with Gasteiger partial charge in [-0.2, -0.15) is 10.4 Å². The van der Waals surface area contributed by atoms with E-state index in [-0.39, 0.29) is 12.3 Å². The molecule has 0 bridgehead atoms. The Morgan fingerprint density at radius 3 is 2.55 bits per heavy atom. The summed E-state index contributed by atoms with van der Waals surface area (Å²) in [6, 6.07) is 24.8. The highest BCUT2D eigenvalue weighted by molar-refractivity contribution is 5.94. The number of hydrogen-bond acceptors (Lipinski definition) is 5. The van der Waals surface area contributed by atoms with Crippen LogP contribution >= 0.6 is 0 Å². The Morgan fingerprint density at radius 1 is 1.09 bits per heavy atom. The number of rotatable bonds is 8. The first kappa shape index (κ1) is 21.8. The third-order valence-corrected chi connectivity index (χ3v) is 5.19. The van der Waals surface area contributed by atoms with Crippen LogP contribution in [0.5, 0.6) is 5.75 Å². The van der Waals surface area contributed by atoms with Gasteiger partial charge in [-0.05, 0) is 54.1 Å². The van der Waals surface area contributed by atoms with Gasteiger partial charge in [0.15, 0.2) is 0 Å². The van der Waals surface area contributed by atoms with E-state index in [0.717, 1.165) is 22.6 Å². The lowest BCUT2D eigenvalue weighted by atomic mass is 10.1. The molecule has 2 aromatic carbocycles. The molecule has 7 nitrogen and oxygen atoms in total. The number of hydrogen-bond donors (Lipinski definition) is 0. The Morgan fingerprint density at radius 2 is 1.88 bits per heavy atom. The van der Waals surface area contributed by atoms with E-state index in [0.29, 0.717) is 24.5 Å². The van der Waals surface area contributed by atoms with Gasteiger partial charge in [0.25, 0.3) is 5.91 Å². The summed E-state index contributed by atoms with van der Waals surface area (Å²) in [7, 11) is 1.62. The molecule has 0 saturated carbocycles. The van der Waals surface area contributed by atoms with Crippen LogP contribution in [0.3, 0.4) is 0 Å². The largest absolute Gasteiger partial charge is 0.497 e. The number of amides is 1. The quantitative estimate of drug-likeness (QED) is 0.405. The molecule has 0 atom stereocenters. The summed E-state index contributed by atoms with van der Waals surface area (Å²) < 4.78 is 6.91. The van der Waals surface area contributed by atoms with Crippen molar-refractivity contribution >= 4 is 5.91 Å². The van der Waals surface area contributed by atoms with E-state index in [9.17, 15) is 4.79 Å². The highest BCUT2D eigenvalue weighted by Gasteiger charge is 2.23. The second-order valence-electron chi connectivity index (χ2n) is 7.39. The molecule has 2 heterocycles. The zero-order valence-electron chi connectivity index (χ0n) is 18.3. The Balaban J connectivity index is 1.75. The fourth-order valence-corrected chi connectivity index (χ4v) is 3.51. The number of carbonyl (C=O) groups is 1. The molecule has 0 saturated heterocycles. The maximum atomic E-state index is 13.7. The monoisotopic (exact) mass is 437 g/mol. The third kappa shape index (κ3) is 5.08. The minimum atomic E-state index is -0.204. The van der Waals surface area contributed by atoms with Crippen LogP contribution in [0.25, 0.3) is 16.9 Å². The minimum absolute atomic E-state index is 0.204. The summed E-state index contributed by atoms with van der Waals surface area (Å²) in [5.41, 5.74) is 3.64. The van der Waals surface area contributed by atoms with Gasteiger partial charge in [0.05, 0.1) is 31.0 Å². The molecule has 4 rings (SSSR count). The predicted molar refractivity (Wildman–Crippen MR) is 125 cm³/mol. The van der Waals surface area contributed by atoms with Crippen molar-refractivity contribution in [3.8, 4) is 28.8 Å². The highest BCUT2D eigenvalue weighted by Crippen LogP contribution is 2.25. The first-order chi connectivity index (χ1) is 16.2. The van der Waals surface area contributed by atoms with E-state index in [1.54, 1.807) is 35.2 Å². The summed E-state index contributed by atoms with van der Waals surface area (Å²) >= 11 is 0. The predicted octanol–water partition coefficient (Wildman–Crippen LogP) is 4.50. The van der Waals surface area contributed by atoms with E-state index in [4.69, 9.17) is 15.1 Å². The number of ether oxygens (including phenoxy) is 1. The molecule has 0 radical (unpaired) electrons. The molecule has 4 aromatic rings. The van der Waals surface area contributed by atoms with Crippen LogP contribution < -0.4 is 4.74 Å². The molecule has 0 spiro atoms. The first-order valence-corrected chi connectivity index (χ1v) is 10.5. The van der Waals surface area contributed by atoms with Gasteiger partial charge in [-0.15, -0.1) is 0 Å². The molecular formula is C26H23N5O2. The van der Waals surface area contributed by atoms with Gasteiger partial charge in [-0.3, -0.25) is 9.78 Å². The summed E-state index contributed by atoms with van der Waals surface area (Å²) in [4.78, 5) is 19.5. The number of aromatic nitrogens is 3. The minimum Gasteiger partial charge on any atom is -0.497 e. The van der Waals surface area contributed by atoms with Crippen LogP contribution in [0.4, 0.5) is 0 Å². The summed E-state index contributed by atoms with van der Waals surface area (Å²) in [5, 5.41) is 13.9. The number of pyridine rings is 1. The van der Waals surface area contributed by atoms with E-state index in [2.05, 4.69) is 11.1 Å². The Kier molecular flexibility index (Phi) is 6.76. The number of nitrogens with zero attached hydrogens (tertiary/aromatic N) is 5. The number of para-hydroxylation sites is 1. The molecule has 2 aromatic heterocycles. The molecule has 1 amide bonds. The molecule has 164 valence electrons. The van der Waals surface area contributed by atoms with Gasteiger partial charge in [0.2, 0.25) is 0 Å². The van der Waals surface area contributed by atoms with Gasteiger partial charge in [0.1, 0.15) is 11.4 Å². The van der Waals surface area contributed by atoms with Gasteiger partial charge in [-0.25, -0.2) is 4.68 Å². The van der Waals surface area contributed by atoms with E-state index in [1.165, 1.54) is 0 Å². The van der Waals surface area contributed by atoms with Crippen LogP contribution in [0.15, 0.2) is 85.2 Å². The normalized spacial score (nSPS) is 10.4. The maximum Gasteiger partial charge on any atom is 0.272 e. The molecular weight excluding hydrogens is 414 g/mol. The Labute approximate surface area is 192 Å². The van der Waals surface area contributed by atoms with Crippen molar-refractivity contribution in [2.45, 2.75) is 13.0 Å². The molecule has 7 heteroatoms. The third-order valence-electron chi connectivity index (χ3n) is 5.19. The van der Waals surface area contributed by atoms with Crippen molar-refractivity contribution in [3.05, 3.63) is 96.4 Å². The molecule has 0 N–H and O–H groups in total. The molecule has 0 aliphatic carbocycles. The maximum absolute atomic E-state index is 13.7. The standard InChI is InChI=1S/C26H23N5O2/c1-33-23-12-10-21(11-13-23)24-17-25(31(29-24)22-8-3-2-4-9-22)26(32)30(16-6-14-27)19-20-7-5-15-28-18-20/h2-5,7-13,15,17-18H,6,16,19H2,1H3. The lowest BCUT2D eigenvalue weighted by Crippen LogP contribution is -2.33. The molecule has 0 aliphatic heterocycles. The van der Waals surface area contributed by atoms with Crippen LogP contribution in [-0.4, -0.2) is 39.2 Å². The van der Waals surface area contributed by atoms with Gasteiger partial charge < -0.3 is 9.64 Å². The second kappa shape index (κ2) is 10.2. The van der Waals surface area contributed by atoms with Crippen LogP contribution in [0.2, 0.25) is 0 Å². The van der Waals surface area contributed by atoms with E-state index < -0.39 is 0 Å². The van der Waals surface area contributed by atoms with Crippen LogP contribution in [0.1, 0.15) is 22.5 Å². The summed E-state index contributed by atoms with van der Waals surface area (Å²) in [6.45, 7) is 0.661. The van der Waals surface area contributed by atoms with Crippen LogP contribution in [-0.2, 0) is 6.54 Å². The number of benzene rings is 2. The number of methoxy groups -OCH3 is 1. The van der Waals surface area contributed by atoms with E-state index >= 15 is 0 Å². The zero-order chi connectivity index (χ0) is 23.0. The molecule has 33 heavy (non-hydrogen) atoms. The van der Waals surface area contributed by atoms with Crippen LogP contribution in [0, 0.1) is 11.3 Å². The molecule has 0 fully saturated rings. The average Bonchev–Trinajstić information content (AvgIpc) is 3.33. The number of nitriles is 1. The lowest BCUT2D eigenvalue weighted by molar-refractivity contribution is 0.0737. The summed E-state index contributed by atoms with van der Waals surface area (Å²) in [6.07, 6.45) is 3.65. The van der Waals surface area contributed by atoms with Crippen molar-refractivity contribution < 1.29 is 9.53 Å². The number of carbonyl (C=O) groups excluding carboxylic acids is 1. The lowest BCUT2D eigenvalue weighted by Gasteiger charge is -2.22. The van der Waals surface area contributed by atoms with Crippen molar-refractivity contribution in [1.82, 2.24) is 19.7 Å². The smallest absolute Gasteiger partial charge is 0.272 e. The fourth-order valence-electron chi connectivity index (χ4n) is 3.51. The topological polar surface area (TPSA) is 84.0 Å². The van der Waals surface area contributed by atoms with Gasteiger partial charge >= 0.3 is 0 Å². The van der Waals surface area contributed by atoms with Crippen molar-refractivity contribution in [2.75, 3.05) is 13.7 Å². The molecule has 0 aliphatic rings. The molecule has 0 unspecified atom stereocenters. The second-order valence-corrected chi connectivity index (χ2v) is 7.39. The van der Waals surface area contributed by atoms with Crippen molar-refractivity contribution in [1.29, 1.82) is 5.26 Å². The van der Waals surface area contributed by atoms with Crippen molar-refractivity contribution in [2.24, 2.45) is 0 Å². The zero-order valence-corrected chi connectivity index (χ0v) is 18.3. The Bertz CT molecular complexity index is 1250.